The van der Waals surface area contributed by atoms with Crippen LogP contribution >= 0.6 is 0 Å². The van der Waals surface area contributed by atoms with Crippen molar-refractivity contribution < 1.29 is 9.53 Å². The second kappa shape index (κ2) is 6.71. The molecule has 134 valence electrons. The number of benzene rings is 4. The predicted molar refractivity (Wildman–Crippen MR) is 112 cm³/mol. The summed E-state index contributed by atoms with van der Waals surface area (Å²) in [4.78, 5) is 14.8. The van der Waals surface area contributed by atoms with Crippen LogP contribution in [0.4, 0.5) is 16.2 Å². The molecule has 0 aliphatic heterocycles. The van der Waals surface area contributed by atoms with E-state index in [2.05, 4.69) is 18.2 Å². The summed E-state index contributed by atoms with van der Waals surface area (Å²) in [5, 5.41) is 0. The Labute approximate surface area is 163 Å². The van der Waals surface area contributed by atoms with Crippen LogP contribution in [-0.2, 0) is 0 Å². The number of hydrogen-bond donors (Lipinski definition) is 0. The number of fused-ring (bicyclic) bond motifs is 4. The molecule has 4 aromatic carbocycles. The van der Waals surface area contributed by atoms with E-state index in [9.17, 15) is 4.79 Å². The largest absolute Gasteiger partial charge is 0.424 e. The predicted octanol–water partition coefficient (Wildman–Crippen LogP) is 6.67. The average molecular weight is 363 g/mol. The third-order valence-electron chi connectivity index (χ3n) is 4.92. The normalized spacial score (nSPS) is 11.0. The summed E-state index contributed by atoms with van der Waals surface area (Å²) in [6.45, 7) is 0. The highest BCUT2D eigenvalue weighted by Gasteiger charge is 2.28. The molecule has 1 amide bonds. The molecule has 0 atom stereocenters. The highest BCUT2D eigenvalue weighted by Crippen LogP contribution is 2.51. The van der Waals surface area contributed by atoms with Gasteiger partial charge in [0.1, 0.15) is 5.75 Å². The van der Waals surface area contributed by atoms with Crippen LogP contribution in [0.25, 0.3) is 22.3 Å². The number of carbonyl (C=O) groups is 1. The van der Waals surface area contributed by atoms with E-state index in [4.69, 9.17) is 4.74 Å². The van der Waals surface area contributed by atoms with Crippen LogP contribution in [0, 0.1) is 0 Å². The lowest BCUT2D eigenvalue weighted by molar-refractivity contribution is 0.210. The zero-order valence-electron chi connectivity index (χ0n) is 15.1. The first-order valence-corrected chi connectivity index (χ1v) is 9.18. The van der Waals surface area contributed by atoms with Crippen molar-refractivity contribution >= 4 is 17.5 Å². The smallest absolute Gasteiger partial charge is 0.409 e. The van der Waals surface area contributed by atoms with Gasteiger partial charge in [-0.1, -0.05) is 72.8 Å². The molecule has 0 fully saturated rings. The van der Waals surface area contributed by atoms with Gasteiger partial charge in [0.25, 0.3) is 0 Å². The van der Waals surface area contributed by atoms with Crippen molar-refractivity contribution in [1.29, 1.82) is 0 Å². The van der Waals surface area contributed by atoms with E-state index in [0.717, 1.165) is 28.1 Å². The summed E-state index contributed by atoms with van der Waals surface area (Å²) in [5.41, 5.74) is 5.94. The zero-order valence-corrected chi connectivity index (χ0v) is 15.1. The van der Waals surface area contributed by atoms with Crippen LogP contribution in [-0.4, -0.2) is 6.09 Å². The number of ether oxygens (including phenoxy) is 1. The summed E-state index contributed by atoms with van der Waals surface area (Å²) in [6, 6.07) is 33.1. The summed E-state index contributed by atoms with van der Waals surface area (Å²) in [7, 11) is 0. The van der Waals surface area contributed by atoms with Crippen molar-refractivity contribution in [1.82, 2.24) is 0 Å². The molecule has 4 aromatic rings. The molecule has 0 N–H and O–H groups in total. The maximum atomic E-state index is 13.2. The van der Waals surface area contributed by atoms with Crippen molar-refractivity contribution in [3.63, 3.8) is 0 Å². The topological polar surface area (TPSA) is 29.5 Å². The fraction of sp³-hybridized carbons (Fsp3) is 0. The zero-order chi connectivity index (χ0) is 18.9. The summed E-state index contributed by atoms with van der Waals surface area (Å²) >= 11 is 0. The van der Waals surface area contributed by atoms with E-state index in [1.165, 1.54) is 5.56 Å². The Morgan fingerprint density at radius 2 is 1.11 bits per heavy atom. The van der Waals surface area contributed by atoms with E-state index < -0.39 is 6.09 Å². The number of nitrogens with zero attached hydrogens (tertiary/aromatic N) is 1. The molecule has 3 nitrogen and oxygen atoms in total. The van der Waals surface area contributed by atoms with Crippen molar-refractivity contribution in [2.75, 3.05) is 4.90 Å². The lowest BCUT2D eigenvalue weighted by Gasteiger charge is -2.27. The highest BCUT2D eigenvalue weighted by atomic mass is 16.6. The molecule has 0 radical (unpaired) electrons. The molecule has 0 spiro atoms. The Balaban J connectivity index is 1.52. The van der Waals surface area contributed by atoms with Gasteiger partial charge in [-0.25, -0.2) is 9.69 Å². The van der Waals surface area contributed by atoms with E-state index >= 15 is 0 Å². The van der Waals surface area contributed by atoms with Gasteiger partial charge >= 0.3 is 6.09 Å². The van der Waals surface area contributed by atoms with Gasteiger partial charge in [-0.15, -0.1) is 0 Å². The van der Waals surface area contributed by atoms with Crippen LogP contribution in [0.1, 0.15) is 0 Å². The van der Waals surface area contributed by atoms with Gasteiger partial charge in [-0.2, -0.15) is 0 Å². The molecule has 0 saturated carbocycles. The Kier molecular flexibility index (Phi) is 3.91. The molecule has 1 aliphatic carbocycles. The average Bonchev–Trinajstić information content (AvgIpc) is 2.73. The molecule has 0 unspecified atom stereocenters. The minimum Gasteiger partial charge on any atom is -0.409 e. The molecular weight excluding hydrogens is 346 g/mol. The first-order valence-electron chi connectivity index (χ1n) is 9.18. The third-order valence-corrected chi connectivity index (χ3v) is 4.92. The lowest BCUT2D eigenvalue weighted by atomic mass is 9.80. The van der Waals surface area contributed by atoms with Crippen LogP contribution in [0.5, 0.6) is 5.75 Å². The first kappa shape index (κ1) is 16.3. The van der Waals surface area contributed by atoms with E-state index in [0.29, 0.717) is 5.75 Å². The van der Waals surface area contributed by atoms with Gasteiger partial charge in [-0.3, -0.25) is 0 Å². The van der Waals surface area contributed by atoms with Crippen LogP contribution < -0.4 is 9.64 Å². The number of hydrogen-bond acceptors (Lipinski definition) is 2. The second-order valence-corrected chi connectivity index (χ2v) is 6.60. The quantitative estimate of drug-likeness (QED) is 0.358. The Bertz CT molecular complexity index is 1110. The van der Waals surface area contributed by atoms with Crippen LogP contribution in [0.2, 0.25) is 0 Å². The molecule has 0 saturated heterocycles. The number of para-hydroxylation sites is 2. The molecule has 0 bridgehead atoms. The minimum atomic E-state index is -0.435. The van der Waals surface area contributed by atoms with Crippen molar-refractivity contribution in [2.45, 2.75) is 0 Å². The molecular formula is C25H17NO2. The molecule has 28 heavy (non-hydrogen) atoms. The van der Waals surface area contributed by atoms with Gasteiger partial charge in [0.2, 0.25) is 0 Å². The van der Waals surface area contributed by atoms with Crippen molar-refractivity contribution in [3.8, 4) is 28.0 Å². The number of anilines is 2. The SMILES string of the molecule is O=C(Oc1cccc2c1-c1ccccc1-2)N(c1ccccc1)c1ccccc1. The van der Waals surface area contributed by atoms with E-state index in [1.54, 1.807) is 4.90 Å². The molecule has 5 rings (SSSR count). The summed E-state index contributed by atoms with van der Waals surface area (Å²) in [5.74, 6) is 0.582. The molecule has 0 aromatic heterocycles. The van der Waals surface area contributed by atoms with Gasteiger partial charge < -0.3 is 4.74 Å². The molecule has 0 heterocycles. The maximum absolute atomic E-state index is 13.2. The lowest BCUT2D eigenvalue weighted by Crippen LogP contribution is -2.29. The van der Waals surface area contributed by atoms with Crippen LogP contribution in [0.3, 0.4) is 0 Å². The Morgan fingerprint density at radius 1 is 0.571 bits per heavy atom. The summed E-state index contributed by atoms with van der Waals surface area (Å²) in [6.07, 6.45) is -0.435. The first-order chi connectivity index (χ1) is 13.8. The van der Waals surface area contributed by atoms with E-state index in [1.807, 2.05) is 84.9 Å². The number of rotatable bonds is 3. The van der Waals surface area contributed by atoms with Crippen LogP contribution in [0.15, 0.2) is 103 Å². The molecule has 1 aliphatic rings. The van der Waals surface area contributed by atoms with E-state index in [-0.39, 0.29) is 0 Å². The fourth-order valence-corrected chi connectivity index (χ4v) is 3.65. The maximum Gasteiger partial charge on any atom is 0.424 e. The van der Waals surface area contributed by atoms with Gasteiger partial charge in [-0.05, 0) is 47.0 Å². The van der Waals surface area contributed by atoms with Crippen molar-refractivity contribution in [2.24, 2.45) is 0 Å². The Morgan fingerprint density at radius 3 is 1.75 bits per heavy atom. The van der Waals surface area contributed by atoms with Gasteiger partial charge in [0.15, 0.2) is 0 Å². The molecule has 3 heteroatoms. The highest BCUT2D eigenvalue weighted by molar-refractivity contribution is 6.06. The third kappa shape index (κ3) is 2.65. The van der Waals surface area contributed by atoms with Crippen molar-refractivity contribution in [3.05, 3.63) is 103 Å². The monoisotopic (exact) mass is 363 g/mol. The fourth-order valence-electron chi connectivity index (χ4n) is 3.65. The summed E-state index contributed by atoms with van der Waals surface area (Å²) < 4.78 is 5.89. The Hall–Kier alpha value is -3.85. The number of carbonyl (C=O) groups excluding carboxylic acids is 1. The second-order valence-electron chi connectivity index (χ2n) is 6.60. The standard InChI is InChI=1S/C25H17NO2/c27-25(26(18-10-3-1-4-11-18)19-12-5-2-6-13-19)28-23-17-9-16-22-20-14-7-8-15-21(20)24(22)23/h1-17H. The van der Waals surface area contributed by atoms with Gasteiger partial charge in [0, 0.05) is 5.56 Å². The van der Waals surface area contributed by atoms with Gasteiger partial charge in [0.05, 0.1) is 11.4 Å². The number of amides is 1. The minimum absolute atomic E-state index is 0.435.